The Bertz CT molecular complexity index is 525. The number of hydrogen-bond acceptors (Lipinski definition) is 4. The van der Waals surface area contributed by atoms with Crippen LogP contribution in [0.3, 0.4) is 0 Å². The molecule has 1 aromatic carbocycles. The molecule has 0 unspecified atom stereocenters. The summed E-state index contributed by atoms with van der Waals surface area (Å²) in [7, 11) is 2.02. The Labute approximate surface area is 125 Å². The predicted octanol–water partition coefficient (Wildman–Crippen LogP) is 1.80. The predicted molar refractivity (Wildman–Crippen MR) is 80.2 cm³/mol. The van der Waals surface area contributed by atoms with Crippen LogP contribution < -0.4 is 10.1 Å². The summed E-state index contributed by atoms with van der Waals surface area (Å²) in [6, 6.07) is 9.27. The van der Waals surface area contributed by atoms with Gasteiger partial charge < -0.3 is 15.0 Å². The van der Waals surface area contributed by atoms with E-state index < -0.39 is 5.54 Å². The van der Waals surface area contributed by atoms with E-state index in [0.29, 0.717) is 25.0 Å². The number of carbonyl (C=O) groups excluding carboxylic acids is 1. The number of ether oxygens (including phenoxy) is 1. The number of nitriles is 1. The van der Waals surface area contributed by atoms with Crippen LogP contribution in [0.5, 0.6) is 5.75 Å². The third-order valence-corrected chi connectivity index (χ3v) is 3.83. The van der Waals surface area contributed by atoms with Gasteiger partial charge in [-0.1, -0.05) is 0 Å². The Morgan fingerprint density at radius 2 is 2.00 bits per heavy atom. The number of rotatable bonds is 4. The standard InChI is InChI=1S/C16H21N3O2/c1-3-21-14-6-4-13(5-7-14)15(20)18-16(12-17)8-10-19(2)11-9-16/h4-7H,3,8-11H2,1-2H3,(H,18,20). The van der Waals surface area contributed by atoms with Gasteiger partial charge in [-0.3, -0.25) is 4.79 Å². The van der Waals surface area contributed by atoms with Gasteiger partial charge in [-0.2, -0.15) is 5.26 Å². The third-order valence-electron chi connectivity index (χ3n) is 3.83. The van der Waals surface area contributed by atoms with Crippen molar-refractivity contribution in [3.63, 3.8) is 0 Å². The highest BCUT2D eigenvalue weighted by molar-refractivity contribution is 5.95. The van der Waals surface area contributed by atoms with Crippen LogP contribution in [0.15, 0.2) is 24.3 Å². The Morgan fingerprint density at radius 3 is 2.52 bits per heavy atom. The number of hydrogen-bond donors (Lipinski definition) is 1. The fourth-order valence-electron chi connectivity index (χ4n) is 2.42. The zero-order chi connectivity index (χ0) is 15.3. The van der Waals surface area contributed by atoms with Gasteiger partial charge in [0.1, 0.15) is 11.3 Å². The molecule has 5 nitrogen and oxygen atoms in total. The van der Waals surface area contributed by atoms with Crippen LogP contribution in [0.4, 0.5) is 0 Å². The minimum absolute atomic E-state index is 0.204. The average Bonchev–Trinajstić information content (AvgIpc) is 2.51. The lowest BCUT2D eigenvalue weighted by molar-refractivity contribution is 0.0882. The maximum atomic E-state index is 12.3. The molecule has 1 fully saturated rings. The van der Waals surface area contributed by atoms with E-state index in [2.05, 4.69) is 16.3 Å². The van der Waals surface area contributed by atoms with Crippen molar-refractivity contribution >= 4 is 5.91 Å². The molecule has 112 valence electrons. The van der Waals surface area contributed by atoms with E-state index in [-0.39, 0.29) is 5.91 Å². The second-order valence-electron chi connectivity index (χ2n) is 5.41. The molecule has 1 aromatic rings. The number of nitrogens with zero attached hydrogens (tertiary/aromatic N) is 2. The van der Waals surface area contributed by atoms with Gasteiger partial charge in [0.15, 0.2) is 0 Å². The molecule has 0 atom stereocenters. The van der Waals surface area contributed by atoms with Crippen LogP contribution in [0.25, 0.3) is 0 Å². The summed E-state index contributed by atoms with van der Waals surface area (Å²) >= 11 is 0. The molecule has 0 bridgehead atoms. The number of benzene rings is 1. The van der Waals surface area contributed by atoms with Crippen molar-refractivity contribution in [1.82, 2.24) is 10.2 Å². The lowest BCUT2D eigenvalue weighted by Crippen LogP contribution is -2.53. The van der Waals surface area contributed by atoms with Crippen molar-refractivity contribution < 1.29 is 9.53 Å². The van der Waals surface area contributed by atoms with Gasteiger partial charge in [0.2, 0.25) is 0 Å². The van der Waals surface area contributed by atoms with Crippen LogP contribution in [-0.4, -0.2) is 43.1 Å². The fourth-order valence-corrected chi connectivity index (χ4v) is 2.42. The van der Waals surface area contributed by atoms with Crippen LogP contribution in [-0.2, 0) is 0 Å². The maximum absolute atomic E-state index is 12.3. The Hall–Kier alpha value is -2.06. The molecule has 0 aliphatic carbocycles. The molecule has 0 spiro atoms. The van der Waals surface area contributed by atoms with Crippen molar-refractivity contribution in [3.8, 4) is 11.8 Å². The van der Waals surface area contributed by atoms with E-state index in [4.69, 9.17) is 4.74 Å². The van der Waals surface area contributed by atoms with Crippen LogP contribution in [0.1, 0.15) is 30.1 Å². The largest absolute Gasteiger partial charge is 0.494 e. The van der Waals surface area contributed by atoms with E-state index in [9.17, 15) is 10.1 Å². The van der Waals surface area contributed by atoms with Crippen molar-refractivity contribution in [2.75, 3.05) is 26.7 Å². The molecule has 1 N–H and O–H groups in total. The molecule has 21 heavy (non-hydrogen) atoms. The van der Waals surface area contributed by atoms with E-state index in [1.807, 2.05) is 14.0 Å². The molecular formula is C16H21N3O2. The minimum Gasteiger partial charge on any atom is -0.494 e. The number of likely N-dealkylation sites (tertiary alicyclic amines) is 1. The summed E-state index contributed by atoms with van der Waals surface area (Å²) in [5.74, 6) is 0.535. The summed E-state index contributed by atoms with van der Waals surface area (Å²) in [6.45, 7) is 4.14. The molecule has 1 saturated heterocycles. The van der Waals surface area contributed by atoms with Crippen molar-refractivity contribution in [2.45, 2.75) is 25.3 Å². The Balaban J connectivity index is 2.04. The fraction of sp³-hybridized carbons (Fsp3) is 0.500. The van der Waals surface area contributed by atoms with Gasteiger partial charge in [0.25, 0.3) is 5.91 Å². The first kappa shape index (κ1) is 15.3. The average molecular weight is 287 g/mol. The molecule has 0 aromatic heterocycles. The van der Waals surface area contributed by atoms with E-state index >= 15 is 0 Å². The summed E-state index contributed by atoms with van der Waals surface area (Å²) in [6.07, 6.45) is 1.31. The van der Waals surface area contributed by atoms with Crippen molar-refractivity contribution in [1.29, 1.82) is 5.26 Å². The van der Waals surface area contributed by atoms with Crippen molar-refractivity contribution in [2.24, 2.45) is 0 Å². The quantitative estimate of drug-likeness (QED) is 0.917. The van der Waals surface area contributed by atoms with E-state index in [0.717, 1.165) is 18.8 Å². The number of amides is 1. The molecule has 0 saturated carbocycles. The highest BCUT2D eigenvalue weighted by Gasteiger charge is 2.35. The van der Waals surface area contributed by atoms with Gasteiger partial charge in [-0.05, 0) is 51.1 Å². The molecule has 1 aliphatic rings. The minimum atomic E-state index is -0.748. The van der Waals surface area contributed by atoms with E-state index in [1.165, 1.54) is 0 Å². The van der Waals surface area contributed by atoms with Gasteiger partial charge in [-0.15, -0.1) is 0 Å². The topological polar surface area (TPSA) is 65.4 Å². The first-order valence-electron chi connectivity index (χ1n) is 7.24. The van der Waals surface area contributed by atoms with Crippen LogP contribution in [0, 0.1) is 11.3 Å². The lowest BCUT2D eigenvalue weighted by atomic mass is 9.89. The second-order valence-corrected chi connectivity index (χ2v) is 5.41. The molecule has 5 heteroatoms. The van der Waals surface area contributed by atoms with E-state index in [1.54, 1.807) is 24.3 Å². The van der Waals surface area contributed by atoms with Gasteiger partial charge in [0, 0.05) is 18.7 Å². The zero-order valence-corrected chi connectivity index (χ0v) is 12.6. The highest BCUT2D eigenvalue weighted by atomic mass is 16.5. The lowest BCUT2D eigenvalue weighted by Gasteiger charge is -2.36. The molecule has 2 rings (SSSR count). The zero-order valence-electron chi connectivity index (χ0n) is 12.6. The summed E-state index contributed by atoms with van der Waals surface area (Å²) in [5.41, 5.74) is -0.200. The van der Waals surface area contributed by atoms with Crippen LogP contribution in [0.2, 0.25) is 0 Å². The maximum Gasteiger partial charge on any atom is 0.252 e. The third kappa shape index (κ3) is 3.73. The van der Waals surface area contributed by atoms with Gasteiger partial charge in [-0.25, -0.2) is 0 Å². The molecule has 1 amide bonds. The molecule has 1 aliphatic heterocycles. The Morgan fingerprint density at radius 1 is 1.38 bits per heavy atom. The second kappa shape index (κ2) is 6.59. The van der Waals surface area contributed by atoms with Gasteiger partial charge >= 0.3 is 0 Å². The SMILES string of the molecule is CCOc1ccc(C(=O)NC2(C#N)CCN(C)CC2)cc1. The smallest absolute Gasteiger partial charge is 0.252 e. The first-order chi connectivity index (χ1) is 10.1. The Kier molecular flexibility index (Phi) is 4.81. The summed E-state index contributed by atoms with van der Waals surface area (Å²) < 4.78 is 5.35. The molecule has 0 radical (unpaired) electrons. The highest BCUT2D eigenvalue weighted by Crippen LogP contribution is 2.22. The monoisotopic (exact) mass is 287 g/mol. The van der Waals surface area contributed by atoms with Crippen molar-refractivity contribution in [3.05, 3.63) is 29.8 Å². The summed E-state index contributed by atoms with van der Waals surface area (Å²) in [4.78, 5) is 14.5. The number of piperidine rings is 1. The number of nitrogens with one attached hydrogen (secondary N) is 1. The van der Waals surface area contributed by atoms with Crippen LogP contribution >= 0.6 is 0 Å². The number of carbonyl (C=O) groups is 1. The normalized spacial score (nSPS) is 17.8. The summed E-state index contributed by atoms with van der Waals surface area (Å²) in [5, 5.41) is 12.3. The molecule has 1 heterocycles. The first-order valence-corrected chi connectivity index (χ1v) is 7.24. The van der Waals surface area contributed by atoms with Gasteiger partial charge in [0.05, 0.1) is 12.7 Å². The molecular weight excluding hydrogens is 266 g/mol.